The molecule has 2 nitrogen and oxygen atoms in total. The molecule has 2 aromatic rings. The molecular formula is C16H17FN2. The number of benzene rings is 1. The standard InChI is InChI=1S/C16H17FN2/c1-10-7-13-11-3-4-14(17)12-5-6-19(16(11)12)9-15(13)18(2)8-10/h3-7,10,15H,8-9H2,1-2H3/t10-,15-/m0/s1. The first kappa shape index (κ1) is 11.2. The fourth-order valence-electron chi connectivity index (χ4n) is 3.66. The summed E-state index contributed by atoms with van der Waals surface area (Å²) < 4.78 is 16.1. The molecular weight excluding hydrogens is 239 g/mol. The Kier molecular flexibility index (Phi) is 2.19. The van der Waals surface area contributed by atoms with Gasteiger partial charge in [-0.3, -0.25) is 4.90 Å². The Bertz CT molecular complexity index is 698. The molecule has 0 saturated carbocycles. The number of fused-ring (bicyclic) bond motifs is 2. The van der Waals surface area contributed by atoms with Crippen molar-refractivity contribution in [2.24, 2.45) is 5.92 Å². The molecule has 3 heteroatoms. The van der Waals surface area contributed by atoms with Crippen LogP contribution in [-0.4, -0.2) is 29.1 Å². The Hall–Kier alpha value is -1.61. The molecule has 98 valence electrons. The number of halogens is 1. The van der Waals surface area contributed by atoms with Crippen LogP contribution in [0.25, 0.3) is 16.5 Å². The maximum Gasteiger partial charge on any atom is 0.132 e. The fraction of sp³-hybridized carbons (Fsp3) is 0.375. The first-order valence-corrected chi connectivity index (χ1v) is 6.85. The predicted octanol–water partition coefficient (Wildman–Crippen LogP) is 3.13. The summed E-state index contributed by atoms with van der Waals surface area (Å²) in [5, 5.41) is 0.748. The highest BCUT2D eigenvalue weighted by Crippen LogP contribution is 2.38. The van der Waals surface area contributed by atoms with Gasteiger partial charge in [-0.2, -0.15) is 0 Å². The third-order valence-electron chi connectivity index (χ3n) is 4.48. The summed E-state index contributed by atoms with van der Waals surface area (Å²) in [6, 6.07) is 5.86. The van der Waals surface area contributed by atoms with Gasteiger partial charge in [0.1, 0.15) is 5.82 Å². The summed E-state index contributed by atoms with van der Waals surface area (Å²) in [6.07, 6.45) is 4.38. The number of rotatable bonds is 0. The second-order valence-electron chi connectivity index (χ2n) is 5.88. The van der Waals surface area contributed by atoms with Gasteiger partial charge in [0.05, 0.1) is 11.6 Å². The average molecular weight is 256 g/mol. The SMILES string of the molecule is C[C@H]1C=C2c3ccc(F)c4ccn(c34)C[C@@H]2N(C)C1. The van der Waals surface area contributed by atoms with Gasteiger partial charge in [0.25, 0.3) is 0 Å². The summed E-state index contributed by atoms with van der Waals surface area (Å²) in [6.45, 7) is 4.26. The second-order valence-corrected chi connectivity index (χ2v) is 5.88. The highest BCUT2D eigenvalue weighted by atomic mass is 19.1. The smallest absolute Gasteiger partial charge is 0.132 e. The Balaban J connectivity index is 2.03. The molecule has 0 aliphatic carbocycles. The van der Waals surface area contributed by atoms with E-state index in [1.54, 1.807) is 6.07 Å². The predicted molar refractivity (Wildman–Crippen MR) is 75.5 cm³/mol. The van der Waals surface area contributed by atoms with Gasteiger partial charge in [-0.1, -0.05) is 13.0 Å². The lowest BCUT2D eigenvalue weighted by atomic mass is 9.86. The number of hydrogen-bond donors (Lipinski definition) is 0. The molecule has 0 spiro atoms. The van der Waals surface area contributed by atoms with E-state index >= 15 is 0 Å². The van der Waals surface area contributed by atoms with Crippen molar-refractivity contribution >= 4 is 16.5 Å². The molecule has 0 unspecified atom stereocenters. The van der Waals surface area contributed by atoms with Gasteiger partial charge in [-0.05, 0) is 36.7 Å². The topological polar surface area (TPSA) is 8.17 Å². The second kappa shape index (κ2) is 3.70. The quantitative estimate of drug-likeness (QED) is 0.703. The first-order chi connectivity index (χ1) is 9.15. The average Bonchev–Trinajstić information content (AvgIpc) is 2.79. The van der Waals surface area contributed by atoms with E-state index in [1.807, 2.05) is 18.3 Å². The van der Waals surface area contributed by atoms with Crippen LogP contribution < -0.4 is 0 Å². The highest BCUT2D eigenvalue weighted by molar-refractivity contribution is 5.95. The summed E-state index contributed by atoms with van der Waals surface area (Å²) in [5.41, 5.74) is 3.64. The van der Waals surface area contributed by atoms with Gasteiger partial charge in [-0.25, -0.2) is 4.39 Å². The van der Waals surface area contributed by atoms with E-state index in [9.17, 15) is 4.39 Å². The summed E-state index contributed by atoms with van der Waals surface area (Å²) in [7, 11) is 2.18. The van der Waals surface area contributed by atoms with Crippen LogP contribution in [0.15, 0.2) is 30.5 Å². The summed E-state index contributed by atoms with van der Waals surface area (Å²) in [4.78, 5) is 2.41. The molecule has 0 bridgehead atoms. The van der Waals surface area contributed by atoms with Gasteiger partial charge < -0.3 is 4.57 Å². The van der Waals surface area contributed by atoms with E-state index in [-0.39, 0.29) is 5.82 Å². The molecule has 2 aliphatic rings. The number of aromatic nitrogens is 1. The van der Waals surface area contributed by atoms with E-state index in [2.05, 4.69) is 29.5 Å². The minimum atomic E-state index is -0.117. The van der Waals surface area contributed by atoms with Gasteiger partial charge in [-0.15, -0.1) is 0 Å². The van der Waals surface area contributed by atoms with Gasteiger partial charge in [0.2, 0.25) is 0 Å². The van der Waals surface area contributed by atoms with Crippen LogP contribution in [0.4, 0.5) is 4.39 Å². The molecule has 0 saturated heterocycles. The Labute approximate surface area is 112 Å². The van der Waals surface area contributed by atoms with Crippen LogP contribution in [0, 0.1) is 11.7 Å². The van der Waals surface area contributed by atoms with Gasteiger partial charge in [0, 0.05) is 30.2 Å². The molecule has 4 rings (SSSR count). The number of nitrogens with zero attached hydrogens (tertiary/aromatic N) is 2. The van der Waals surface area contributed by atoms with Crippen molar-refractivity contribution in [1.29, 1.82) is 0 Å². The molecule has 0 radical (unpaired) electrons. The first-order valence-electron chi connectivity index (χ1n) is 6.85. The van der Waals surface area contributed by atoms with Crippen molar-refractivity contribution in [3.8, 4) is 0 Å². The van der Waals surface area contributed by atoms with Crippen LogP contribution in [0.5, 0.6) is 0 Å². The zero-order valence-corrected chi connectivity index (χ0v) is 11.2. The summed E-state index contributed by atoms with van der Waals surface area (Å²) in [5.74, 6) is 0.437. The van der Waals surface area contributed by atoms with Crippen molar-refractivity contribution in [1.82, 2.24) is 9.47 Å². The van der Waals surface area contributed by atoms with Gasteiger partial charge in [0.15, 0.2) is 0 Å². The Morgan fingerprint density at radius 1 is 1.21 bits per heavy atom. The van der Waals surface area contributed by atoms with Crippen molar-refractivity contribution in [3.05, 3.63) is 41.9 Å². The maximum absolute atomic E-state index is 13.9. The Morgan fingerprint density at radius 3 is 2.89 bits per heavy atom. The van der Waals surface area contributed by atoms with Crippen LogP contribution >= 0.6 is 0 Å². The van der Waals surface area contributed by atoms with Crippen LogP contribution in [0.3, 0.4) is 0 Å². The third-order valence-corrected chi connectivity index (χ3v) is 4.48. The Morgan fingerprint density at radius 2 is 2.05 bits per heavy atom. The molecule has 0 N–H and O–H groups in total. The zero-order chi connectivity index (χ0) is 13.1. The normalized spacial score (nSPS) is 26.4. The van der Waals surface area contributed by atoms with E-state index in [0.29, 0.717) is 12.0 Å². The zero-order valence-electron chi connectivity index (χ0n) is 11.2. The summed E-state index contributed by atoms with van der Waals surface area (Å²) >= 11 is 0. The van der Waals surface area contributed by atoms with E-state index in [4.69, 9.17) is 0 Å². The van der Waals surface area contributed by atoms with Crippen molar-refractivity contribution < 1.29 is 4.39 Å². The van der Waals surface area contributed by atoms with Crippen LogP contribution in [0.1, 0.15) is 12.5 Å². The largest absolute Gasteiger partial charge is 0.345 e. The molecule has 2 atom stereocenters. The monoisotopic (exact) mass is 256 g/mol. The minimum absolute atomic E-state index is 0.117. The lowest BCUT2D eigenvalue weighted by molar-refractivity contribution is 0.234. The van der Waals surface area contributed by atoms with Crippen LogP contribution in [0.2, 0.25) is 0 Å². The molecule has 0 fully saturated rings. The molecule has 2 aliphatic heterocycles. The molecule has 3 heterocycles. The number of hydrogen-bond acceptors (Lipinski definition) is 1. The molecule has 1 aromatic carbocycles. The van der Waals surface area contributed by atoms with E-state index in [0.717, 1.165) is 24.0 Å². The lowest BCUT2D eigenvalue weighted by Gasteiger charge is -2.39. The van der Waals surface area contributed by atoms with Crippen molar-refractivity contribution in [2.75, 3.05) is 13.6 Å². The van der Waals surface area contributed by atoms with Crippen molar-refractivity contribution in [2.45, 2.75) is 19.5 Å². The molecule has 0 amide bonds. The third kappa shape index (κ3) is 1.45. The maximum atomic E-state index is 13.9. The fourth-order valence-corrected chi connectivity index (χ4v) is 3.66. The van der Waals surface area contributed by atoms with E-state index in [1.165, 1.54) is 11.1 Å². The molecule has 19 heavy (non-hydrogen) atoms. The van der Waals surface area contributed by atoms with Crippen molar-refractivity contribution in [3.63, 3.8) is 0 Å². The highest BCUT2D eigenvalue weighted by Gasteiger charge is 2.32. The van der Waals surface area contributed by atoms with Crippen LogP contribution in [-0.2, 0) is 6.54 Å². The minimum Gasteiger partial charge on any atom is -0.345 e. The number of likely N-dealkylation sites (N-methyl/N-ethyl adjacent to an activating group) is 1. The van der Waals surface area contributed by atoms with Gasteiger partial charge >= 0.3 is 0 Å². The van der Waals surface area contributed by atoms with E-state index < -0.39 is 0 Å². The lowest BCUT2D eigenvalue weighted by Crippen LogP contribution is -2.43. The molecule has 1 aromatic heterocycles.